The van der Waals surface area contributed by atoms with Crippen LogP contribution in [0.15, 0.2) is 0 Å². The fourth-order valence-corrected chi connectivity index (χ4v) is 3.77. The maximum atomic E-state index is 5.85. The van der Waals surface area contributed by atoms with Crippen molar-refractivity contribution in [1.82, 2.24) is 4.90 Å². The maximum absolute atomic E-state index is 5.85. The van der Waals surface area contributed by atoms with Gasteiger partial charge in [0, 0.05) is 19.7 Å². The molecule has 0 aliphatic heterocycles. The van der Waals surface area contributed by atoms with E-state index >= 15 is 0 Å². The molecule has 3 heteroatoms. The molecule has 0 amide bonds. The third kappa shape index (κ3) is 8.33. The van der Waals surface area contributed by atoms with E-state index in [0.29, 0.717) is 12.1 Å². The Labute approximate surface area is 168 Å². The fraction of sp³-hybridized carbons (Fsp3) is 0.545. The summed E-state index contributed by atoms with van der Waals surface area (Å²) in [5.41, 5.74) is 0. The van der Waals surface area contributed by atoms with Gasteiger partial charge in [-0.25, -0.2) is 0 Å². The minimum atomic E-state index is 0. The first-order valence-electron chi connectivity index (χ1n) is 9.32. The molecule has 2 nitrogen and oxygen atoms in total. The van der Waals surface area contributed by atoms with Gasteiger partial charge in [0.25, 0.3) is 0 Å². The number of ether oxygens (including phenoxy) is 1. The molecule has 0 bridgehead atoms. The van der Waals surface area contributed by atoms with Crippen molar-refractivity contribution in [3.05, 3.63) is 63.7 Å². The number of nitrogens with zero attached hydrogens (tertiary/aromatic N) is 1. The molecule has 0 aromatic rings. The number of hydrogen-bond acceptors (Lipinski definition) is 2. The molecule has 0 heterocycles. The molecule has 3 rings (SSSR count). The topological polar surface area (TPSA) is 12.5 Å². The largest absolute Gasteiger partial charge is 2.00 e. The van der Waals surface area contributed by atoms with Crippen LogP contribution in [0.25, 0.3) is 0 Å². The molecule has 3 aliphatic carbocycles. The van der Waals surface area contributed by atoms with Crippen molar-refractivity contribution in [2.24, 2.45) is 5.92 Å². The van der Waals surface area contributed by atoms with Crippen LogP contribution < -0.4 is 0 Å². The summed E-state index contributed by atoms with van der Waals surface area (Å²) < 4.78 is 5.85. The number of methoxy groups -OCH3 is 1. The summed E-state index contributed by atoms with van der Waals surface area (Å²) in [6, 6.07) is 0.475. The van der Waals surface area contributed by atoms with E-state index in [2.05, 4.69) is 44.6 Å². The van der Waals surface area contributed by atoms with Gasteiger partial charge in [-0.05, 0) is 96.4 Å². The molecule has 0 aromatic heterocycles. The third-order valence-electron chi connectivity index (χ3n) is 5.28. The van der Waals surface area contributed by atoms with Gasteiger partial charge in [0.15, 0.2) is 0 Å². The first-order chi connectivity index (χ1) is 11.7. The van der Waals surface area contributed by atoms with Gasteiger partial charge in [-0.15, -0.1) is 0 Å². The molecule has 0 saturated heterocycles. The van der Waals surface area contributed by atoms with Crippen LogP contribution in [-0.2, 0) is 21.8 Å². The number of hydrogen-bond donors (Lipinski definition) is 0. The van der Waals surface area contributed by atoms with Gasteiger partial charge < -0.3 is 9.64 Å². The van der Waals surface area contributed by atoms with E-state index in [1.54, 1.807) is 0 Å². The SMILES string of the molecule is CO[C@H](C1CCCCC1)[C@H](C)N(C)C[C]1[CH][CH][CH][CH]1.[CH]1[CH][CH][CH][CH]1.[Fe+2]. The maximum Gasteiger partial charge on any atom is 2.00 e. The van der Waals surface area contributed by atoms with Gasteiger partial charge in [0.05, 0.1) is 6.10 Å². The summed E-state index contributed by atoms with van der Waals surface area (Å²) in [6.45, 7) is 3.33. The summed E-state index contributed by atoms with van der Waals surface area (Å²) in [7, 11) is 4.10. The molecule has 0 N–H and O–H groups in total. The van der Waals surface area contributed by atoms with Crippen molar-refractivity contribution in [2.75, 3.05) is 20.7 Å². The minimum Gasteiger partial charge on any atom is -0.380 e. The average Bonchev–Trinajstić information content (AvgIpc) is 3.33. The van der Waals surface area contributed by atoms with Gasteiger partial charge in [-0.2, -0.15) is 0 Å². The first kappa shape index (κ1) is 23.5. The molecular formula is C22H33FeNO+2. The van der Waals surface area contributed by atoms with Crippen LogP contribution in [0.2, 0.25) is 0 Å². The van der Waals surface area contributed by atoms with E-state index in [4.69, 9.17) is 4.74 Å². The van der Waals surface area contributed by atoms with Crippen LogP contribution in [0.3, 0.4) is 0 Å². The van der Waals surface area contributed by atoms with E-state index in [-0.39, 0.29) is 17.1 Å². The van der Waals surface area contributed by atoms with Gasteiger partial charge in [-0.1, -0.05) is 19.3 Å². The van der Waals surface area contributed by atoms with Crippen molar-refractivity contribution in [3.8, 4) is 0 Å². The Kier molecular flexibility index (Phi) is 12.8. The molecule has 2 atom stereocenters. The van der Waals surface area contributed by atoms with Gasteiger partial charge >= 0.3 is 17.1 Å². The van der Waals surface area contributed by atoms with Crippen LogP contribution in [0.4, 0.5) is 0 Å². The normalized spacial score (nSPS) is 24.5. The van der Waals surface area contributed by atoms with E-state index in [1.807, 2.05) is 39.2 Å². The third-order valence-corrected chi connectivity index (χ3v) is 5.28. The van der Waals surface area contributed by atoms with Gasteiger partial charge in [-0.3, -0.25) is 0 Å². The molecule has 3 saturated carbocycles. The molecule has 0 aromatic carbocycles. The molecule has 3 aliphatic rings. The molecule has 10 radical (unpaired) electrons. The zero-order chi connectivity index (χ0) is 17.2. The van der Waals surface area contributed by atoms with Crippen LogP contribution in [-0.4, -0.2) is 37.7 Å². The predicted molar refractivity (Wildman–Crippen MR) is 101 cm³/mol. The monoisotopic (exact) mass is 383 g/mol. The molecule has 25 heavy (non-hydrogen) atoms. The van der Waals surface area contributed by atoms with Crippen molar-refractivity contribution in [1.29, 1.82) is 0 Å². The van der Waals surface area contributed by atoms with Crippen molar-refractivity contribution >= 4 is 0 Å². The van der Waals surface area contributed by atoms with Crippen molar-refractivity contribution in [2.45, 2.75) is 51.2 Å². The summed E-state index contributed by atoms with van der Waals surface area (Å²) >= 11 is 0. The Bertz CT molecular complexity index is 302. The van der Waals surface area contributed by atoms with Crippen molar-refractivity contribution in [3.63, 3.8) is 0 Å². The Morgan fingerprint density at radius 1 is 0.960 bits per heavy atom. The van der Waals surface area contributed by atoms with E-state index < -0.39 is 0 Å². The Morgan fingerprint density at radius 3 is 1.96 bits per heavy atom. The zero-order valence-electron chi connectivity index (χ0n) is 15.9. The average molecular weight is 383 g/mol. The minimum absolute atomic E-state index is 0. The smallest absolute Gasteiger partial charge is 0.380 e. The number of likely N-dealkylation sites (N-methyl/N-ethyl adjacent to an activating group) is 1. The molecule has 3 fully saturated rings. The first-order valence-corrected chi connectivity index (χ1v) is 9.32. The van der Waals surface area contributed by atoms with Crippen LogP contribution in [0.5, 0.6) is 0 Å². The van der Waals surface area contributed by atoms with E-state index in [0.717, 1.165) is 12.5 Å². The van der Waals surface area contributed by atoms with Crippen molar-refractivity contribution < 1.29 is 21.8 Å². The van der Waals surface area contributed by atoms with Crippen LogP contribution >= 0.6 is 0 Å². The molecule has 0 spiro atoms. The summed E-state index contributed by atoms with van der Waals surface area (Å²) in [5, 5.41) is 0. The van der Waals surface area contributed by atoms with Gasteiger partial charge in [0.1, 0.15) is 0 Å². The van der Waals surface area contributed by atoms with Gasteiger partial charge in [0.2, 0.25) is 0 Å². The Hall–Kier alpha value is 0.439. The fourth-order valence-electron chi connectivity index (χ4n) is 3.77. The standard InChI is InChI=1S/C17H28NO.C5H5.Fe/c1-14(18(2)13-15-9-7-8-10-15)17(19-3)16-11-5-4-6-12-16;1-2-4-5-3-1;/h7-10,14,16-17H,4-6,11-13H2,1-3H3;1-5H;/q;;+2/t14-,17-;;/m0../s1. The van der Waals surface area contributed by atoms with Crippen LogP contribution in [0, 0.1) is 69.6 Å². The zero-order valence-corrected chi connectivity index (χ0v) is 17.0. The summed E-state index contributed by atoms with van der Waals surface area (Å²) in [4.78, 5) is 2.43. The predicted octanol–water partition coefficient (Wildman–Crippen LogP) is 4.33. The van der Waals surface area contributed by atoms with E-state index in [9.17, 15) is 0 Å². The second kappa shape index (κ2) is 13.6. The molecular weight excluding hydrogens is 350 g/mol. The second-order valence-corrected chi connectivity index (χ2v) is 7.01. The Morgan fingerprint density at radius 2 is 1.48 bits per heavy atom. The summed E-state index contributed by atoms with van der Waals surface area (Å²) in [5.74, 6) is 2.14. The van der Waals surface area contributed by atoms with E-state index in [1.165, 1.54) is 38.0 Å². The van der Waals surface area contributed by atoms with Crippen LogP contribution in [0.1, 0.15) is 39.0 Å². The molecule has 0 unspecified atom stereocenters. The number of rotatable bonds is 6. The summed E-state index contributed by atoms with van der Waals surface area (Å²) in [6.07, 6.45) is 25.8. The quantitative estimate of drug-likeness (QED) is 0.634. The second-order valence-electron chi connectivity index (χ2n) is 7.01. The Balaban J connectivity index is 0.000000448. The molecule has 138 valence electrons.